The minimum atomic E-state index is -0.251. The van der Waals surface area contributed by atoms with Crippen molar-refractivity contribution in [3.63, 3.8) is 0 Å². The van der Waals surface area contributed by atoms with E-state index < -0.39 is 0 Å². The van der Waals surface area contributed by atoms with Gasteiger partial charge in [0.05, 0.1) is 0 Å². The van der Waals surface area contributed by atoms with E-state index in [1.165, 1.54) is 18.4 Å². The van der Waals surface area contributed by atoms with E-state index in [4.69, 9.17) is 0 Å². The van der Waals surface area contributed by atoms with Gasteiger partial charge in [0.1, 0.15) is 0 Å². The Morgan fingerprint density at radius 1 is 1.09 bits per heavy atom. The van der Waals surface area contributed by atoms with Crippen molar-refractivity contribution in [1.82, 2.24) is 10.2 Å². The molecule has 0 aliphatic heterocycles. The topological polar surface area (TPSA) is 58.1 Å². The first-order valence-corrected chi connectivity index (χ1v) is 7.51. The van der Waals surface area contributed by atoms with Crippen LogP contribution in [0.4, 0.5) is 11.5 Å². The number of nitrogens with zero attached hydrogens (tertiary/aromatic N) is 3. The van der Waals surface area contributed by atoms with Gasteiger partial charge in [0, 0.05) is 19.8 Å². The Balaban J connectivity index is 1.99. The second-order valence-electron chi connectivity index (χ2n) is 5.43. The van der Waals surface area contributed by atoms with Crippen LogP contribution < -0.4 is 10.2 Å². The molecule has 0 saturated carbocycles. The zero-order valence-corrected chi connectivity index (χ0v) is 13.3. The van der Waals surface area contributed by atoms with E-state index in [0.29, 0.717) is 5.69 Å². The molecule has 2 aromatic rings. The quantitative estimate of drug-likeness (QED) is 0.890. The van der Waals surface area contributed by atoms with Crippen LogP contribution in [0.3, 0.4) is 0 Å². The number of carbonyl (C=O) groups excluding carboxylic acids is 1. The van der Waals surface area contributed by atoms with Crippen molar-refractivity contribution in [2.75, 3.05) is 24.3 Å². The minimum Gasteiger partial charge on any atom is -0.361 e. The number of aryl methyl sites for hydroxylation is 1. The normalized spacial score (nSPS) is 10.3. The Kier molecular flexibility index (Phi) is 5.47. The van der Waals surface area contributed by atoms with Crippen molar-refractivity contribution in [2.45, 2.75) is 26.2 Å². The Labute approximate surface area is 131 Å². The number of rotatable bonds is 6. The van der Waals surface area contributed by atoms with E-state index in [2.05, 4.69) is 22.4 Å². The van der Waals surface area contributed by atoms with E-state index in [1.807, 2.05) is 43.3 Å². The third kappa shape index (κ3) is 4.28. The summed E-state index contributed by atoms with van der Waals surface area (Å²) in [5, 5.41) is 10.8. The van der Waals surface area contributed by atoms with E-state index >= 15 is 0 Å². The average Bonchev–Trinajstić information content (AvgIpc) is 2.54. The molecule has 1 aromatic carbocycles. The average molecular weight is 298 g/mol. The highest BCUT2D eigenvalue weighted by atomic mass is 16.1. The maximum Gasteiger partial charge on any atom is 0.276 e. The predicted molar refractivity (Wildman–Crippen MR) is 89.4 cm³/mol. The summed E-state index contributed by atoms with van der Waals surface area (Å²) in [5.41, 5.74) is 2.36. The van der Waals surface area contributed by atoms with E-state index in [0.717, 1.165) is 17.9 Å². The lowest BCUT2D eigenvalue weighted by molar-refractivity contribution is 0.102. The van der Waals surface area contributed by atoms with Gasteiger partial charge >= 0.3 is 0 Å². The van der Waals surface area contributed by atoms with Crippen LogP contribution in [0, 0.1) is 0 Å². The monoisotopic (exact) mass is 298 g/mol. The van der Waals surface area contributed by atoms with Crippen molar-refractivity contribution < 1.29 is 4.79 Å². The van der Waals surface area contributed by atoms with Crippen molar-refractivity contribution >= 4 is 17.4 Å². The molecule has 1 N–H and O–H groups in total. The van der Waals surface area contributed by atoms with Gasteiger partial charge in [-0.05, 0) is 42.7 Å². The first-order valence-electron chi connectivity index (χ1n) is 7.51. The zero-order chi connectivity index (χ0) is 15.9. The van der Waals surface area contributed by atoms with Gasteiger partial charge < -0.3 is 10.2 Å². The van der Waals surface area contributed by atoms with Gasteiger partial charge in [-0.2, -0.15) is 0 Å². The summed E-state index contributed by atoms with van der Waals surface area (Å²) in [4.78, 5) is 14.0. The minimum absolute atomic E-state index is 0.251. The van der Waals surface area contributed by atoms with Crippen molar-refractivity contribution in [3.8, 4) is 0 Å². The molecule has 2 rings (SSSR count). The van der Waals surface area contributed by atoms with Crippen LogP contribution in [0.25, 0.3) is 0 Å². The van der Waals surface area contributed by atoms with Crippen LogP contribution in [0.15, 0.2) is 36.4 Å². The highest BCUT2D eigenvalue weighted by molar-refractivity contribution is 6.02. The van der Waals surface area contributed by atoms with Gasteiger partial charge in [0.15, 0.2) is 11.5 Å². The highest BCUT2D eigenvalue weighted by Gasteiger charge is 2.09. The molecule has 0 radical (unpaired) electrons. The smallest absolute Gasteiger partial charge is 0.276 e. The van der Waals surface area contributed by atoms with Gasteiger partial charge in [-0.1, -0.05) is 25.5 Å². The molecular formula is C17H22N4O. The molecule has 0 bridgehead atoms. The summed E-state index contributed by atoms with van der Waals surface area (Å²) in [7, 11) is 3.76. The fourth-order valence-corrected chi connectivity index (χ4v) is 2.02. The number of anilines is 2. The number of unbranched alkanes of at least 4 members (excludes halogenated alkanes) is 1. The van der Waals surface area contributed by atoms with Gasteiger partial charge in [-0.15, -0.1) is 10.2 Å². The lowest BCUT2D eigenvalue weighted by Gasteiger charge is -2.10. The molecule has 0 spiro atoms. The third-order valence-corrected chi connectivity index (χ3v) is 3.37. The molecule has 5 nitrogen and oxygen atoms in total. The number of aromatic nitrogens is 2. The first kappa shape index (κ1) is 15.9. The van der Waals surface area contributed by atoms with E-state index in [-0.39, 0.29) is 5.91 Å². The summed E-state index contributed by atoms with van der Waals surface area (Å²) in [6, 6.07) is 11.4. The van der Waals surface area contributed by atoms with Crippen LogP contribution in [0.1, 0.15) is 35.8 Å². The molecule has 1 aromatic heterocycles. The number of nitrogens with one attached hydrogen (secondary N) is 1. The summed E-state index contributed by atoms with van der Waals surface area (Å²) in [5.74, 6) is 0.468. The van der Waals surface area contributed by atoms with Gasteiger partial charge in [-0.25, -0.2) is 0 Å². The van der Waals surface area contributed by atoms with Crippen LogP contribution in [0.2, 0.25) is 0 Å². The number of hydrogen-bond acceptors (Lipinski definition) is 4. The lowest BCUT2D eigenvalue weighted by Crippen LogP contribution is -2.16. The molecule has 0 aliphatic carbocycles. The molecule has 1 heterocycles. The zero-order valence-electron chi connectivity index (χ0n) is 13.3. The third-order valence-electron chi connectivity index (χ3n) is 3.37. The van der Waals surface area contributed by atoms with E-state index in [9.17, 15) is 4.79 Å². The second-order valence-corrected chi connectivity index (χ2v) is 5.43. The highest BCUT2D eigenvalue weighted by Crippen LogP contribution is 2.13. The number of amides is 1. The molecule has 0 fully saturated rings. The summed E-state index contributed by atoms with van der Waals surface area (Å²) < 4.78 is 0. The maximum absolute atomic E-state index is 12.1. The van der Waals surface area contributed by atoms with Crippen LogP contribution in [-0.2, 0) is 6.42 Å². The van der Waals surface area contributed by atoms with Crippen LogP contribution >= 0.6 is 0 Å². The van der Waals surface area contributed by atoms with E-state index in [1.54, 1.807) is 12.1 Å². The van der Waals surface area contributed by atoms with Crippen LogP contribution in [-0.4, -0.2) is 30.2 Å². The van der Waals surface area contributed by atoms with Crippen molar-refractivity contribution in [1.29, 1.82) is 0 Å². The Morgan fingerprint density at radius 3 is 2.36 bits per heavy atom. The van der Waals surface area contributed by atoms with Gasteiger partial charge in [-0.3, -0.25) is 4.79 Å². The number of hydrogen-bond donors (Lipinski definition) is 1. The fourth-order valence-electron chi connectivity index (χ4n) is 2.02. The Hall–Kier alpha value is -2.43. The molecule has 0 aliphatic rings. The number of benzene rings is 1. The van der Waals surface area contributed by atoms with Crippen LogP contribution in [0.5, 0.6) is 0 Å². The molecule has 5 heteroatoms. The molecule has 0 unspecified atom stereocenters. The molecule has 0 saturated heterocycles. The molecule has 22 heavy (non-hydrogen) atoms. The first-order chi connectivity index (χ1) is 10.6. The second kappa shape index (κ2) is 7.54. The standard InChI is InChI=1S/C17H22N4O/c1-4-5-6-13-7-9-14(10-8-13)18-17(22)15-11-12-16(20-19-15)21(2)3/h7-12H,4-6H2,1-3H3,(H,18,22). The Morgan fingerprint density at radius 2 is 1.82 bits per heavy atom. The molecule has 116 valence electrons. The summed E-state index contributed by atoms with van der Waals surface area (Å²) in [6.45, 7) is 2.18. The van der Waals surface area contributed by atoms with Gasteiger partial charge in [0.2, 0.25) is 0 Å². The fraction of sp³-hybridized carbons (Fsp3) is 0.353. The van der Waals surface area contributed by atoms with Crippen molar-refractivity contribution in [3.05, 3.63) is 47.7 Å². The SMILES string of the molecule is CCCCc1ccc(NC(=O)c2ccc(N(C)C)nn2)cc1. The molecular weight excluding hydrogens is 276 g/mol. The summed E-state index contributed by atoms with van der Waals surface area (Å²) in [6.07, 6.45) is 3.43. The maximum atomic E-state index is 12.1. The Bertz CT molecular complexity index is 606. The van der Waals surface area contributed by atoms with Crippen molar-refractivity contribution in [2.24, 2.45) is 0 Å². The molecule has 1 amide bonds. The molecule has 0 atom stereocenters. The lowest BCUT2D eigenvalue weighted by atomic mass is 10.1. The van der Waals surface area contributed by atoms with Gasteiger partial charge in [0.25, 0.3) is 5.91 Å². The summed E-state index contributed by atoms with van der Waals surface area (Å²) >= 11 is 0. The number of carbonyl (C=O) groups is 1. The predicted octanol–water partition coefficient (Wildman–Crippen LogP) is 3.14. The largest absolute Gasteiger partial charge is 0.361 e.